The molecule has 1 atom stereocenters. The van der Waals surface area contributed by atoms with Crippen molar-refractivity contribution >= 4 is 11.9 Å². The van der Waals surface area contributed by atoms with Crippen LogP contribution in [-0.4, -0.2) is 68.0 Å². The first kappa shape index (κ1) is 23.0. The molecule has 0 spiro atoms. The van der Waals surface area contributed by atoms with Gasteiger partial charge in [-0.15, -0.1) is 0 Å². The molecule has 1 aromatic rings. The molecule has 1 heterocycles. The number of rotatable bonds is 7. The van der Waals surface area contributed by atoms with Crippen LogP contribution in [0.2, 0.25) is 0 Å². The zero-order valence-electron chi connectivity index (χ0n) is 17.2. The van der Waals surface area contributed by atoms with Crippen molar-refractivity contribution < 1.29 is 18.0 Å². The number of nitrogens with one attached hydrogen (secondary N) is 2. The number of carbonyl (C=O) groups excluding carboxylic acids is 1. The van der Waals surface area contributed by atoms with E-state index in [0.717, 1.165) is 43.8 Å². The molecule has 0 radical (unpaired) electrons. The molecule has 2 N–H and O–H groups in total. The summed E-state index contributed by atoms with van der Waals surface area (Å²) in [6.07, 6.45) is -3.03. The molecule has 1 fully saturated rings. The van der Waals surface area contributed by atoms with Gasteiger partial charge in [-0.25, -0.2) is 0 Å². The standard InChI is InChI=1S/C20H30F3N5O/c1-4-24-19(25-11-9-18(29)27(2)3)26-17-10-12-28(14-17)13-15-5-7-16(8-6-15)20(21,22)23/h5-8,17H,4,9-14H2,1-3H3,(H2,24,25,26). The van der Waals surface area contributed by atoms with E-state index in [-0.39, 0.29) is 11.9 Å². The summed E-state index contributed by atoms with van der Waals surface area (Å²) in [5.74, 6) is 0.716. The fraction of sp³-hybridized carbons (Fsp3) is 0.600. The van der Waals surface area contributed by atoms with E-state index in [1.54, 1.807) is 19.0 Å². The molecule has 2 rings (SSSR count). The average molecular weight is 413 g/mol. The van der Waals surface area contributed by atoms with Crippen LogP contribution in [0.1, 0.15) is 30.9 Å². The first-order valence-electron chi connectivity index (χ1n) is 9.82. The number of hydrogen-bond acceptors (Lipinski definition) is 3. The Hall–Kier alpha value is -2.29. The molecule has 1 aromatic carbocycles. The summed E-state index contributed by atoms with van der Waals surface area (Å²) < 4.78 is 38.0. The number of halogens is 3. The van der Waals surface area contributed by atoms with Crippen LogP contribution in [0.15, 0.2) is 29.3 Å². The molecule has 0 aromatic heterocycles. The van der Waals surface area contributed by atoms with E-state index in [9.17, 15) is 18.0 Å². The number of aliphatic imine (C=N–C) groups is 1. The molecule has 1 unspecified atom stereocenters. The van der Waals surface area contributed by atoms with Crippen molar-refractivity contribution in [3.8, 4) is 0 Å². The summed E-state index contributed by atoms with van der Waals surface area (Å²) in [5, 5.41) is 6.57. The minimum atomic E-state index is -4.31. The minimum Gasteiger partial charge on any atom is -0.357 e. The fourth-order valence-electron chi connectivity index (χ4n) is 3.15. The van der Waals surface area contributed by atoms with Crippen molar-refractivity contribution in [2.45, 2.75) is 38.5 Å². The van der Waals surface area contributed by atoms with Gasteiger partial charge in [-0.1, -0.05) is 12.1 Å². The molecule has 1 aliphatic rings. The lowest BCUT2D eigenvalue weighted by Crippen LogP contribution is -2.44. The number of alkyl halides is 3. The van der Waals surface area contributed by atoms with Crippen LogP contribution in [0, 0.1) is 0 Å². The van der Waals surface area contributed by atoms with Crippen LogP contribution in [-0.2, 0) is 17.5 Å². The van der Waals surface area contributed by atoms with E-state index in [2.05, 4.69) is 20.5 Å². The largest absolute Gasteiger partial charge is 0.416 e. The van der Waals surface area contributed by atoms with Crippen LogP contribution >= 0.6 is 0 Å². The number of nitrogens with zero attached hydrogens (tertiary/aromatic N) is 3. The van der Waals surface area contributed by atoms with Crippen molar-refractivity contribution in [2.24, 2.45) is 4.99 Å². The Morgan fingerprint density at radius 2 is 1.97 bits per heavy atom. The zero-order chi connectivity index (χ0) is 21.4. The SMILES string of the molecule is CCNC(=NCCC(=O)N(C)C)NC1CCN(Cc2ccc(C(F)(F)F)cc2)C1. The van der Waals surface area contributed by atoms with E-state index >= 15 is 0 Å². The van der Waals surface area contributed by atoms with Gasteiger partial charge >= 0.3 is 6.18 Å². The van der Waals surface area contributed by atoms with Crippen LogP contribution in [0.4, 0.5) is 13.2 Å². The first-order valence-corrected chi connectivity index (χ1v) is 9.82. The topological polar surface area (TPSA) is 60.0 Å². The monoisotopic (exact) mass is 413 g/mol. The Morgan fingerprint density at radius 1 is 1.28 bits per heavy atom. The lowest BCUT2D eigenvalue weighted by Gasteiger charge is -2.19. The van der Waals surface area contributed by atoms with Crippen LogP contribution in [0.5, 0.6) is 0 Å². The highest BCUT2D eigenvalue weighted by Gasteiger charge is 2.30. The Bertz CT molecular complexity index is 688. The molecule has 0 saturated carbocycles. The molecule has 162 valence electrons. The Balaban J connectivity index is 1.84. The number of likely N-dealkylation sites (tertiary alicyclic amines) is 1. The highest BCUT2D eigenvalue weighted by Crippen LogP contribution is 2.29. The van der Waals surface area contributed by atoms with E-state index in [4.69, 9.17) is 0 Å². The molecule has 6 nitrogen and oxygen atoms in total. The van der Waals surface area contributed by atoms with Gasteiger partial charge in [-0.05, 0) is 31.0 Å². The smallest absolute Gasteiger partial charge is 0.357 e. The predicted molar refractivity (Wildman–Crippen MR) is 108 cm³/mol. The lowest BCUT2D eigenvalue weighted by atomic mass is 10.1. The molecule has 0 aliphatic carbocycles. The summed E-state index contributed by atoms with van der Waals surface area (Å²) in [5.41, 5.74) is 0.239. The van der Waals surface area contributed by atoms with Crippen LogP contribution in [0.25, 0.3) is 0 Å². The van der Waals surface area contributed by atoms with Gasteiger partial charge in [0.2, 0.25) is 5.91 Å². The second kappa shape index (κ2) is 10.5. The second-order valence-electron chi connectivity index (χ2n) is 7.36. The van der Waals surface area contributed by atoms with Gasteiger partial charge in [0, 0.05) is 52.7 Å². The van der Waals surface area contributed by atoms with Gasteiger partial charge in [0.15, 0.2) is 5.96 Å². The van der Waals surface area contributed by atoms with E-state index in [0.29, 0.717) is 25.5 Å². The number of guanidine groups is 1. The zero-order valence-corrected chi connectivity index (χ0v) is 17.2. The van der Waals surface area contributed by atoms with Gasteiger partial charge in [-0.3, -0.25) is 14.7 Å². The Labute approximate surface area is 170 Å². The van der Waals surface area contributed by atoms with Crippen molar-refractivity contribution in [3.05, 3.63) is 35.4 Å². The average Bonchev–Trinajstić information content (AvgIpc) is 3.08. The maximum absolute atomic E-state index is 12.7. The Morgan fingerprint density at radius 3 is 2.55 bits per heavy atom. The Kier molecular flexibility index (Phi) is 8.31. The third-order valence-electron chi connectivity index (χ3n) is 4.74. The number of carbonyl (C=O) groups is 1. The van der Waals surface area contributed by atoms with Crippen molar-refractivity contribution in [1.82, 2.24) is 20.4 Å². The molecular formula is C20H30F3N5O. The summed E-state index contributed by atoms with van der Waals surface area (Å²) in [6.45, 7) is 5.36. The molecule has 1 aliphatic heterocycles. The number of hydrogen-bond donors (Lipinski definition) is 2. The highest BCUT2D eigenvalue weighted by molar-refractivity contribution is 5.81. The summed E-state index contributed by atoms with van der Waals surface area (Å²) in [6, 6.07) is 5.54. The minimum absolute atomic E-state index is 0.0354. The lowest BCUT2D eigenvalue weighted by molar-refractivity contribution is -0.137. The third kappa shape index (κ3) is 7.56. The normalized spacial score (nSPS) is 18.0. The summed E-state index contributed by atoms with van der Waals surface area (Å²) in [7, 11) is 3.44. The first-order chi connectivity index (χ1) is 13.7. The number of amides is 1. The number of benzene rings is 1. The van der Waals surface area contributed by atoms with E-state index in [1.807, 2.05) is 6.92 Å². The molecular weight excluding hydrogens is 383 g/mol. The van der Waals surface area contributed by atoms with Gasteiger partial charge in [-0.2, -0.15) is 13.2 Å². The highest BCUT2D eigenvalue weighted by atomic mass is 19.4. The third-order valence-corrected chi connectivity index (χ3v) is 4.74. The molecule has 0 bridgehead atoms. The van der Waals surface area contributed by atoms with E-state index < -0.39 is 11.7 Å². The molecule has 29 heavy (non-hydrogen) atoms. The second-order valence-corrected chi connectivity index (χ2v) is 7.36. The van der Waals surface area contributed by atoms with E-state index in [1.165, 1.54) is 12.1 Å². The van der Waals surface area contributed by atoms with Crippen LogP contribution < -0.4 is 10.6 Å². The maximum Gasteiger partial charge on any atom is 0.416 e. The fourth-order valence-corrected chi connectivity index (χ4v) is 3.15. The van der Waals surface area contributed by atoms with Gasteiger partial charge in [0.05, 0.1) is 12.1 Å². The van der Waals surface area contributed by atoms with Crippen molar-refractivity contribution in [2.75, 3.05) is 40.3 Å². The van der Waals surface area contributed by atoms with Gasteiger partial charge in [0.1, 0.15) is 0 Å². The molecule has 1 saturated heterocycles. The van der Waals surface area contributed by atoms with Gasteiger partial charge in [0.25, 0.3) is 0 Å². The molecule has 9 heteroatoms. The maximum atomic E-state index is 12.7. The van der Waals surface area contributed by atoms with Crippen molar-refractivity contribution in [1.29, 1.82) is 0 Å². The predicted octanol–water partition coefficient (Wildman–Crippen LogP) is 2.31. The molecule has 1 amide bonds. The van der Waals surface area contributed by atoms with Crippen molar-refractivity contribution in [3.63, 3.8) is 0 Å². The quantitative estimate of drug-likeness (QED) is 0.532. The summed E-state index contributed by atoms with van der Waals surface area (Å²) >= 11 is 0. The van der Waals surface area contributed by atoms with Crippen LogP contribution in [0.3, 0.4) is 0 Å². The summed E-state index contributed by atoms with van der Waals surface area (Å²) in [4.78, 5) is 19.9. The van der Waals surface area contributed by atoms with Gasteiger partial charge < -0.3 is 15.5 Å².